The predicted octanol–water partition coefficient (Wildman–Crippen LogP) is 1.19. The van der Waals surface area contributed by atoms with E-state index in [9.17, 15) is 4.79 Å². The topological polar surface area (TPSA) is 47.8 Å². The SMILES string of the molecule is O=Cc1nc(Br)nn1C1CC1. The Hall–Kier alpha value is -0.710. The van der Waals surface area contributed by atoms with E-state index in [-0.39, 0.29) is 0 Å². The molecule has 0 N–H and O–H groups in total. The van der Waals surface area contributed by atoms with Gasteiger partial charge in [-0.25, -0.2) is 4.68 Å². The lowest BCUT2D eigenvalue weighted by Gasteiger charge is -1.94. The molecule has 0 atom stereocenters. The first-order valence-corrected chi connectivity index (χ1v) is 4.18. The summed E-state index contributed by atoms with van der Waals surface area (Å²) in [5.74, 6) is 0.416. The third kappa shape index (κ3) is 1.20. The first kappa shape index (κ1) is 6.97. The molecule has 2 rings (SSSR count). The Morgan fingerprint density at radius 3 is 2.91 bits per heavy atom. The Bertz CT molecular complexity index is 292. The van der Waals surface area contributed by atoms with Gasteiger partial charge in [-0.3, -0.25) is 4.79 Å². The zero-order valence-corrected chi connectivity index (χ0v) is 7.28. The van der Waals surface area contributed by atoms with Crippen LogP contribution in [-0.2, 0) is 0 Å². The first-order valence-electron chi connectivity index (χ1n) is 3.38. The van der Waals surface area contributed by atoms with Crippen molar-refractivity contribution >= 4 is 22.2 Å². The maximum Gasteiger partial charge on any atom is 0.217 e. The summed E-state index contributed by atoms with van der Waals surface area (Å²) in [5, 5.41) is 4.03. The van der Waals surface area contributed by atoms with Crippen molar-refractivity contribution in [2.24, 2.45) is 0 Å². The standard InChI is InChI=1S/C6H6BrN3O/c7-6-8-5(3-11)10(9-6)4-1-2-4/h3-4H,1-2H2. The highest BCUT2D eigenvalue weighted by atomic mass is 79.9. The molecular formula is C6H6BrN3O. The Labute approximate surface area is 71.7 Å². The molecule has 0 radical (unpaired) electrons. The molecule has 0 bridgehead atoms. The van der Waals surface area contributed by atoms with E-state index < -0.39 is 0 Å². The molecule has 11 heavy (non-hydrogen) atoms. The van der Waals surface area contributed by atoms with Crippen LogP contribution in [0.1, 0.15) is 29.5 Å². The molecule has 4 nitrogen and oxygen atoms in total. The Kier molecular flexibility index (Phi) is 1.52. The maximum absolute atomic E-state index is 10.4. The maximum atomic E-state index is 10.4. The van der Waals surface area contributed by atoms with Gasteiger partial charge in [0.2, 0.25) is 4.73 Å². The summed E-state index contributed by atoms with van der Waals surface area (Å²) in [6.45, 7) is 0. The Morgan fingerprint density at radius 2 is 2.36 bits per heavy atom. The van der Waals surface area contributed by atoms with Crippen molar-refractivity contribution in [3.63, 3.8) is 0 Å². The smallest absolute Gasteiger partial charge is 0.217 e. The van der Waals surface area contributed by atoms with E-state index in [1.165, 1.54) is 0 Å². The van der Waals surface area contributed by atoms with Gasteiger partial charge in [-0.1, -0.05) is 0 Å². The van der Waals surface area contributed by atoms with Crippen molar-refractivity contribution in [2.75, 3.05) is 0 Å². The predicted molar refractivity (Wildman–Crippen MR) is 41.4 cm³/mol. The van der Waals surface area contributed by atoms with Gasteiger partial charge in [-0.2, -0.15) is 4.98 Å². The molecule has 1 aliphatic carbocycles. The van der Waals surface area contributed by atoms with E-state index in [2.05, 4.69) is 26.0 Å². The van der Waals surface area contributed by atoms with Crippen LogP contribution in [0.4, 0.5) is 0 Å². The Morgan fingerprint density at radius 1 is 1.64 bits per heavy atom. The summed E-state index contributed by atoms with van der Waals surface area (Å²) in [6, 6.07) is 0.411. The number of carbonyl (C=O) groups is 1. The highest BCUT2D eigenvalue weighted by Gasteiger charge is 2.27. The zero-order valence-electron chi connectivity index (χ0n) is 5.70. The van der Waals surface area contributed by atoms with E-state index in [4.69, 9.17) is 0 Å². The number of rotatable bonds is 2. The molecule has 1 saturated carbocycles. The summed E-state index contributed by atoms with van der Waals surface area (Å²) < 4.78 is 2.17. The van der Waals surface area contributed by atoms with E-state index in [0.29, 0.717) is 16.6 Å². The molecule has 1 aromatic rings. The summed E-state index contributed by atoms with van der Waals surface area (Å²) in [4.78, 5) is 14.3. The van der Waals surface area contributed by atoms with Crippen molar-refractivity contribution in [3.05, 3.63) is 10.6 Å². The van der Waals surface area contributed by atoms with Crippen molar-refractivity contribution < 1.29 is 4.79 Å². The number of hydrogen-bond acceptors (Lipinski definition) is 3. The molecule has 1 heterocycles. The second kappa shape index (κ2) is 2.41. The fraction of sp³-hybridized carbons (Fsp3) is 0.500. The molecule has 58 valence electrons. The molecule has 0 aliphatic heterocycles. The molecule has 5 heteroatoms. The largest absolute Gasteiger partial charge is 0.294 e. The summed E-state index contributed by atoms with van der Waals surface area (Å²) in [5.41, 5.74) is 0. The van der Waals surface area contributed by atoms with Crippen LogP contribution in [0.3, 0.4) is 0 Å². The van der Waals surface area contributed by atoms with Crippen LogP contribution < -0.4 is 0 Å². The van der Waals surface area contributed by atoms with Crippen molar-refractivity contribution in [2.45, 2.75) is 18.9 Å². The molecule has 0 aromatic carbocycles. The fourth-order valence-electron chi connectivity index (χ4n) is 0.976. The quantitative estimate of drug-likeness (QED) is 0.697. The zero-order chi connectivity index (χ0) is 7.84. The number of hydrogen-bond donors (Lipinski definition) is 0. The molecule has 0 saturated heterocycles. The van der Waals surface area contributed by atoms with Crippen molar-refractivity contribution in [3.8, 4) is 0 Å². The number of aromatic nitrogens is 3. The second-order valence-corrected chi connectivity index (χ2v) is 3.24. The number of halogens is 1. The first-order chi connectivity index (χ1) is 5.31. The Balaban J connectivity index is 2.41. The van der Waals surface area contributed by atoms with Gasteiger partial charge in [0.15, 0.2) is 12.1 Å². The monoisotopic (exact) mass is 215 g/mol. The van der Waals surface area contributed by atoms with Gasteiger partial charge in [-0.15, -0.1) is 5.10 Å². The van der Waals surface area contributed by atoms with E-state index in [1.54, 1.807) is 4.68 Å². The molecule has 1 aliphatic rings. The molecule has 0 spiro atoms. The normalized spacial score (nSPS) is 16.8. The highest BCUT2D eigenvalue weighted by Crippen LogP contribution is 2.34. The van der Waals surface area contributed by atoms with E-state index >= 15 is 0 Å². The minimum Gasteiger partial charge on any atom is -0.294 e. The van der Waals surface area contributed by atoms with Gasteiger partial charge < -0.3 is 0 Å². The lowest BCUT2D eigenvalue weighted by atomic mass is 10.6. The molecular weight excluding hydrogens is 210 g/mol. The highest BCUT2D eigenvalue weighted by molar-refractivity contribution is 9.10. The van der Waals surface area contributed by atoms with Crippen molar-refractivity contribution in [1.82, 2.24) is 14.8 Å². The second-order valence-electron chi connectivity index (χ2n) is 2.53. The lowest BCUT2D eigenvalue weighted by Crippen LogP contribution is -2.01. The minimum absolute atomic E-state index is 0.411. The molecule has 1 aromatic heterocycles. The molecule has 0 amide bonds. The van der Waals surface area contributed by atoms with E-state index in [0.717, 1.165) is 19.1 Å². The van der Waals surface area contributed by atoms with Gasteiger partial charge in [0.25, 0.3) is 0 Å². The van der Waals surface area contributed by atoms with Crippen LogP contribution in [0.5, 0.6) is 0 Å². The third-order valence-corrected chi connectivity index (χ3v) is 1.97. The third-order valence-electron chi connectivity index (χ3n) is 1.63. The van der Waals surface area contributed by atoms with Gasteiger partial charge in [-0.05, 0) is 28.8 Å². The summed E-state index contributed by atoms with van der Waals surface area (Å²) >= 11 is 3.12. The van der Waals surface area contributed by atoms with Crippen LogP contribution in [0.15, 0.2) is 4.73 Å². The summed E-state index contributed by atoms with van der Waals surface area (Å²) in [6.07, 6.45) is 2.95. The van der Waals surface area contributed by atoms with Crippen LogP contribution in [0, 0.1) is 0 Å². The van der Waals surface area contributed by atoms with Gasteiger partial charge in [0, 0.05) is 0 Å². The average molecular weight is 216 g/mol. The van der Waals surface area contributed by atoms with Crippen LogP contribution in [-0.4, -0.2) is 21.1 Å². The number of carbonyl (C=O) groups excluding carboxylic acids is 1. The van der Waals surface area contributed by atoms with Crippen LogP contribution in [0.2, 0.25) is 0 Å². The fourth-order valence-corrected chi connectivity index (χ4v) is 1.33. The minimum atomic E-state index is 0.411. The van der Waals surface area contributed by atoms with Crippen LogP contribution >= 0.6 is 15.9 Å². The molecule has 1 fully saturated rings. The average Bonchev–Trinajstić information content (AvgIpc) is 2.75. The number of aldehydes is 1. The lowest BCUT2D eigenvalue weighted by molar-refractivity contribution is 0.111. The summed E-state index contributed by atoms with van der Waals surface area (Å²) in [7, 11) is 0. The van der Waals surface area contributed by atoms with E-state index in [1.807, 2.05) is 0 Å². The van der Waals surface area contributed by atoms with Crippen molar-refractivity contribution in [1.29, 1.82) is 0 Å². The van der Waals surface area contributed by atoms with Gasteiger partial charge in [0.05, 0.1) is 6.04 Å². The van der Waals surface area contributed by atoms with Crippen LogP contribution in [0.25, 0.3) is 0 Å². The van der Waals surface area contributed by atoms with Gasteiger partial charge in [0.1, 0.15) is 0 Å². The molecule has 0 unspecified atom stereocenters. The van der Waals surface area contributed by atoms with Gasteiger partial charge >= 0.3 is 0 Å². The number of nitrogens with zero attached hydrogens (tertiary/aromatic N) is 3.